The third-order valence-corrected chi connectivity index (χ3v) is 11.0. The highest BCUT2D eigenvalue weighted by atomic mass is 35.5. The third-order valence-electron chi connectivity index (χ3n) is 10.6. The molecule has 11 heteroatoms. The molecule has 1 heterocycles. The van der Waals surface area contributed by atoms with Crippen molar-refractivity contribution in [3.8, 4) is 0 Å². The number of hydrogen-bond donors (Lipinski definition) is 3. The molecule has 4 unspecified atom stereocenters. The summed E-state index contributed by atoms with van der Waals surface area (Å²) in [5.41, 5.74) is 4.27. The monoisotopic (exact) mass is 744 g/mol. The molecule has 3 N–H and O–H groups in total. The summed E-state index contributed by atoms with van der Waals surface area (Å²) < 4.78 is 15.9. The summed E-state index contributed by atoms with van der Waals surface area (Å²) in [5.74, 6) is 0.0460. The van der Waals surface area contributed by atoms with E-state index in [9.17, 15) is 19.5 Å². The van der Waals surface area contributed by atoms with Crippen molar-refractivity contribution in [1.82, 2.24) is 10.6 Å². The van der Waals surface area contributed by atoms with Gasteiger partial charge < -0.3 is 30.0 Å². The molecule has 2 aliphatic carbocycles. The molecule has 0 aromatic heterocycles. The van der Waals surface area contributed by atoms with Crippen LogP contribution in [0.2, 0.25) is 10.0 Å². The minimum Gasteiger partial charge on any atom is -0.509 e. The molecule has 0 radical (unpaired) electrons. The number of halogens is 2. The van der Waals surface area contributed by atoms with Crippen molar-refractivity contribution < 1.29 is 33.7 Å². The molecule has 9 nitrogen and oxygen atoms in total. The van der Waals surface area contributed by atoms with Gasteiger partial charge in [0.25, 0.3) is 5.91 Å². The predicted octanol–water partition coefficient (Wildman–Crippen LogP) is 7.69. The second kappa shape index (κ2) is 17.6. The van der Waals surface area contributed by atoms with E-state index in [1.165, 1.54) is 0 Å². The molecule has 2 amide bonds. The number of nitrogens with one attached hydrogen (secondary N) is 2. The van der Waals surface area contributed by atoms with Gasteiger partial charge in [-0.2, -0.15) is 0 Å². The molecule has 0 saturated heterocycles. The van der Waals surface area contributed by atoms with Crippen LogP contribution >= 0.6 is 23.2 Å². The highest BCUT2D eigenvalue weighted by Gasteiger charge is 2.49. The lowest BCUT2D eigenvalue weighted by molar-refractivity contribution is -0.156. The maximum absolute atomic E-state index is 12.9. The predicted molar refractivity (Wildman–Crippen MR) is 201 cm³/mol. The Balaban J connectivity index is 0.000000230. The number of carbonyl (C=O) groups is 3. The summed E-state index contributed by atoms with van der Waals surface area (Å²) in [7, 11) is 3.35. The Morgan fingerprint density at radius 2 is 1.41 bits per heavy atom. The molecule has 280 valence electrons. The van der Waals surface area contributed by atoms with Gasteiger partial charge in [-0.1, -0.05) is 36.0 Å². The van der Waals surface area contributed by atoms with Crippen molar-refractivity contribution in [2.75, 3.05) is 34.0 Å². The number of aryl methyl sites for hydroxylation is 4. The minimum absolute atomic E-state index is 0.172. The Hall–Kier alpha value is -3.11. The van der Waals surface area contributed by atoms with Gasteiger partial charge in [0.1, 0.15) is 11.3 Å². The molecule has 0 bridgehead atoms. The van der Waals surface area contributed by atoms with Crippen molar-refractivity contribution >= 4 is 46.6 Å². The van der Waals surface area contributed by atoms with Gasteiger partial charge in [-0.25, -0.2) is 4.79 Å². The molecule has 1 aliphatic heterocycles. The second-order valence-electron chi connectivity index (χ2n) is 14.6. The molecule has 5 rings (SSSR count). The van der Waals surface area contributed by atoms with Gasteiger partial charge in [0.2, 0.25) is 5.91 Å². The summed E-state index contributed by atoms with van der Waals surface area (Å²) in [5, 5.41) is 18.4. The SMILES string of the molecule is CCOC(=O)C1(NC(=O)Cc2c(C)cc(Cl)cc2C)CCCC(COC)C1.COCC1CCCC2(C1)NC(=O)C(c1c(C)cc(Cl)cc1C)=C2O. The van der Waals surface area contributed by atoms with Gasteiger partial charge in [0, 0.05) is 37.5 Å². The van der Waals surface area contributed by atoms with Crippen LogP contribution in [-0.4, -0.2) is 68.0 Å². The van der Waals surface area contributed by atoms with Gasteiger partial charge in [-0.05, 0) is 143 Å². The summed E-state index contributed by atoms with van der Waals surface area (Å²) in [6.07, 6.45) is 6.70. The number of amides is 2. The van der Waals surface area contributed by atoms with E-state index in [-0.39, 0.29) is 35.9 Å². The van der Waals surface area contributed by atoms with Crippen LogP contribution in [0.3, 0.4) is 0 Å². The molecule has 3 aliphatic rings. The molecule has 2 aromatic rings. The fourth-order valence-electron chi connectivity index (χ4n) is 8.40. The normalized spacial score (nSPS) is 24.5. The molecular weight excluding hydrogens is 691 g/mol. The zero-order valence-electron chi connectivity index (χ0n) is 31.1. The molecule has 4 atom stereocenters. The Morgan fingerprint density at radius 3 is 1.96 bits per heavy atom. The fourth-order valence-corrected chi connectivity index (χ4v) is 9.05. The van der Waals surface area contributed by atoms with Crippen LogP contribution in [0.5, 0.6) is 0 Å². The van der Waals surface area contributed by atoms with Crippen LogP contribution in [0, 0.1) is 39.5 Å². The number of rotatable bonds is 10. The average molecular weight is 746 g/mol. The largest absolute Gasteiger partial charge is 0.509 e. The lowest BCUT2D eigenvalue weighted by atomic mass is 9.75. The van der Waals surface area contributed by atoms with Crippen molar-refractivity contribution in [3.05, 3.63) is 73.5 Å². The molecule has 2 aromatic carbocycles. The first-order valence-electron chi connectivity index (χ1n) is 17.9. The van der Waals surface area contributed by atoms with Crippen molar-refractivity contribution in [1.29, 1.82) is 0 Å². The van der Waals surface area contributed by atoms with Crippen LogP contribution in [0.1, 0.15) is 91.7 Å². The quantitative estimate of drug-likeness (QED) is 0.213. The smallest absolute Gasteiger partial charge is 0.331 e. The summed E-state index contributed by atoms with van der Waals surface area (Å²) in [6, 6.07) is 7.37. The van der Waals surface area contributed by atoms with E-state index in [0.717, 1.165) is 65.5 Å². The third kappa shape index (κ3) is 9.47. The molecule has 2 fully saturated rings. The van der Waals surface area contributed by atoms with E-state index in [2.05, 4.69) is 10.6 Å². The van der Waals surface area contributed by atoms with Crippen LogP contribution in [0.4, 0.5) is 0 Å². The summed E-state index contributed by atoms with van der Waals surface area (Å²) in [4.78, 5) is 38.3. The van der Waals surface area contributed by atoms with Gasteiger partial charge in [-0.3, -0.25) is 9.59 Å². The topological polar surface area (TPSA) is 123 Å². The number of benzene rings is 2. The summed E-state index contributed by atoms with van der Waals surface area (Å²) in [6.45, 7) is 11.0. The minimum atomic E-state index is -0.969. The number of esters is 1. The van der Waals surface area contributed by atoms with Crippen molar-refractivity contribution in [2.45, 2.75) is 103 Å². The zero-order chi connectivity index (χ0) is 37.5. The average Bonchev–Trinajstić information content (AvgIpc) is 3.27. The van der Waals surface area contributed by atoms with E-state index < -0.39 is 11.1 Å². The summed E-state index contributed by atoms with van der Waals surface area (Å²) >= 11 is 12.2. The number of methoxy groups -OCH3 is 2. The zero-order valence-corrected chi connectivity index (χ0v) is 32.6. The first-order valence-corrected chi connectivity index (χ1v) is 18.7. The van der Waals surface area contributed by atoms with Gasteiger partial charge in [-0.15, -0.1) is 0 Å². The van der Waals surface area contributed by atoms with Crippen LogP contribution in [0.25, 0.3) is 5.57 Å². The number of carbonyl (C=O) groups excluding carboxylic acids is 3. The van der Waals surface area contributed by atoms with E-state index in [1.54, 1.807) is 21.1 Å². The lowest BCUT2D eigenvalue weighted by Crippen LogP contribution is -2.58. The Morgan fingerprint density at radius 1 is 0.882 bits per heavy atom. The highest BCUT2D eigenvalue weighted by molar-refractivity contribution is 6.31. The number of ether oxygens (including phenoxy) is 3. The van der Waals surface area contributed by atoms with Gasteiger partial charge in [0.05, 0.1) is 24.1 Å². The fraction of sp³-hybridized carbons (Fsp3) is 0.575. The first-order chi connectivity index (χ1) is 24.2. The molecule has 2 saturated carbocycles. The number of aliphatic hydroxyl groups is 1. The number of hydrogen-bond acceptors (Lipinski definition) is 7. The maximum atomic E-state index is 12.9. The van der Waals surface area contributed by atoms with Gasteiger partial charge >= 0.3 is 5.97 Å². The van der Waals surface area contributed by atoms with E-state index in [1.807, 2.05) is 52.0 Å². The molecule has 1 spiro atoms. The van der Waals surface area contributed by atoms with E-state index in [4.69, 9.17) is 37.4 Å². The standard InChI is InChI=1S/C21H30ClNO4.C19H24ClNO3/c1-5-27-20(25)21(8-6-7-16(12-21)13-26-4)23-19(24)11-18-14(2)9-17(22)10-15(18)3;1-11-7-14(20)8-12(2)15(11)16-17(22)19(21-18(16)23)6-4-5-13(9-19)10-24-3/h9-10,16H,5-8,11-13H2,1-4H3,(H,23,24);7-8,13,22H,4-6,9-10H2,1-3H3,(H,21,23). The molecule has 51 heavy (non-hydrogen) atoms. The maximum Gasteiger partial charge on any atom is 0.331 e. The first kappa shape index (κ1) is 40.7. The van der Waals surface area contributed by atoms with Crippen molar-refractivity contribution in [3.63, 3.8) is 0 Å². The number of aliphatic hydroxyl groups excluding tert-OH is 1. The van der Waals surface area contributed by atoms with E-state index in [0.29, 0.717) is 60.6 Å². The Bertz CT molecular complexity index is 1590. The second-order valence-corrected chi connectivity index (χ2v) is 15.4. The van der Waals surface area contributed by atoms with Gasteiger partial charge in [0.15, 0.2) is 0 Å². The lowest BCUT2D eigenvalue weighted by Gasteiger charge is -2.39. The van der Waals surface area contributed by atoms with Crippen molar-refractivity contribution in [2.24, 2.45) is 11.8 Å². The van der Waals surface area contributed by atoms with Crippen LogP contribution in [0.15, 0.2) is 30.0 Å². The molecular formula is C40H54Cl2N2O7. The Labute approximate surface area is 312 Å². The highest BCUT2D eigenvalue weighted by Crippen LogP contribution is 2.44. The van der Waals surface area contributed by atoms with E-state index >= 15 is 0 Å². The van der Waals surface area contributed by atoms with Crippen LogP contribution in [-0.2, 0) is 35.0 Å². The Kier molecular flexibility index (Phi) is 14.0. The van der Waals surface area contributed by atoms with Crippen LogP contribution < -0.4 is 10.6 Å².